The van der Waals surface area contributed by atoms with Gasteiger partial charge in [-0.3, -0.25) is 10.1 Å². The summed E-state index contributed by atoms with van der Waals surface area (Å²) in [6.45, 7) is 2.27. The fourth-order valence-electron chi connectivity index (χ4n) is 2.04. The second-order valence-corrected chi connectivity index (χ2v) is 4.70. The minimum atomic E-state index is -1.01. The number of phenols is 1. The molecule has 0 heterocycles. The highest BCUT2D eigenvalue weighted by molar-refractivity contribution is 5.76. The minimum absolute atomic E-state index is 0.00189. The van der Waals surface area contributed by atoms with E-state index >= 15 is 0 Å². The first kappa shape index (κ1) is 14.1. The third kappa shape index (κ3) is 3.36. The molecule has 0 amide bonds. The van der Waals surface area contributed by atoms with Crippen molar-refractivity contribution in [3.8, 4) is 5.75 Å². The van der Waals surface area contributed by atoms with E-state index in [4.69, 9.17) is 0 Å². The number of benzene rings is 2. The average molecular weight is 271 g/mol. The summed E-state index contributed by atoms with van der Waals surface area (Å²) in [6, 6.07) is 13.6. The van der Waals surface area contributed by atoms with Crippen molar-refractivity contribution in [2.75, 3.05) is 0 Å². The van der Waals surface area contributed by atoms with Crippen LogP contribution in [0.3, 0.4) is 0 Å². The minimum Gasteiger partial charge on any atom is -0.508 e. The lowest BCUT2D eigenvalue weighted by Gasteiger charge is -2.16. The molecule has 0 saturated carbocycles. The molecule has 0 aliphatic heterocycles. The lowest BCUT2D eigenvalue weighted by molar-refractivity contribution is -0.139. The van der Waals surface area contributed by atoms with Crippen LogP contribution in [0.5, 0.6) is 5.75 Å². The standard InChI is InChI=1S/C16H17NO3/c1-11-7-8-13(14(18)9-11)15(16(19)20)17-10-12-5-3-2-4-6-12/h2-9,15,17-18H,10H2,1H3,(H,19,20). The summed E-state index contributed by atoms with van der Waals surface area (Å²) < 4.78 is 0. The van der Waals surface area contributed by atoms with Crippen molar-refractivity contribution in [3.05, 3.63) is 65.2 Å². The zero-order valence-corrected chi connectivity index (χ0v) is 11.2. The molecule has 0 fully saturated rings. The maximum absolute atomic E-state index is 11.4. The van der Waals surface area contributed by atoms with Gasteiger partial charge in [0.25, 0.3) is 0 Å². The smallest absolute Gasteiger partial charge is 0.325 e. The number of aliphatic carboxylic acids is 1. The number of hydrogen-bond donors (Lipinski definition) is 3. The van der Waals surface area contributed by atoms with Gasteiger partial charge in [-0.2, -0.15) is 0 Å². The summed E-state index contributed by atoms with van der Waals surface area (Å²) >= 11 is 0. The van der Waals surface area contributed by atoms with Gasteiger partial charge in [0.2, 0.25) is 0 Å². The molecular weight excluding hydrogens is 254 g/mol. The summed E-state index contributed by atoms with van der Waals surface area (Å²) in [5.74, 6) is -1.02. The molecule has 0 aliphatic rings. The van der Waals surface area contributed by atoms with Crippen molar-refractivity contribution in [3.63, 3.8) is 0 Å². The van der Waals surface area contributed by atoms with Gasteiger partial charge in [0.05, 0.1) is 0 Å². The SMILES string of the molecule is Cc1ccc(C(NCc2ccccc2)C(=O)O)c(O)c1. The van der Waals surface area contributed by atoms with Crippen LogP contribution in [0.1, 0.15) is 22.7 Å². The molecule has 2 rings (SSSR count). The Morgan fingerprint density at radius 2 is 1.90 bits per heavy atom. The molecule has 2 aromatic carbocycles. The molecule has 3 N–H and O–H groups in total. The fourth-order valence-corrected chi connectivity index (χ4v) is 2.04. The van der Waals surface area contributed by atoms with Gasteiger partial charge in [0.1, 0.15) is 11.8 Å². The number of carboxylic acid groups (broad SMARTS) is 1. The first-order valence-electron chi connectivity index (χ1n) is 6.37. The number of carboxylic acids is 1. The average Bonchev–Trinajstić information content (AvgIpc) is 2.42. The molecule has 0 aromatic heterocycles. The first-order chi connectivity index (χ1) is 9.58. The van der Waals surface area contributed by atoms with Crippen molar-refractivity contribution < 1.29 is 15.0 Å². The number of carbonyl (C=O) groups is 1. The number of aromatic hydroxyl groups is 1. The number of aryl methyl sites for hydroxylation is 1. The van der Waals surface area contributed by atoms with Gasteiger partial charge in [-0.15, -0.1) is 0 Å². The molecule has 0 spiro atoms. The van der Waals surface area contributed by atoms with E-state index in [1.807, 2.05) is 37.3 Å². The van der Waals surface area contributed by atoms with Crippen molar-refractivity contribution in [1.29, 1.82) is 0 Å². The van der Waals surface area contributed by atoms with Gasteiger partial charge in [-0.05, 0) is 24.1 Å². The van der Waals surface area contributed by atoms with E-state index in [2.05, 4.69) is 5.32 Å². The Hall–Kier alpha value is -2.33. The Bertz CT molecular complexity index is 596. The van der Waals surface area contributed by atoms with Crippen molar-refractivity contribution in [1.82, 2.24) is 5.32 Å². The molecular formula is C16H17NO3. The highest BCUT2D eigenvalue weighted by Crippen LogP contribution is 2.25. The molecule has 0 saturated heterocycles. The monoisotopic (exact) mass is 271 g/mol. The molecule has 1 unspecified atom stereocenters. The molecule has 0 aliphatic carbocycles. The van der Waals surface area contributed by atoms with E-state index in [1.165, 1.54) is 0 Å². The number of phenolic OH excluding ortho intramolecular Hbond substituents is 1. The highest BCUT2D eigenvalue weighted by Gasteiger charge is 2.22. The van der Waals surface area contributed by atoms with Crippen molar-refractivity contribution in [2.24, 2.45) is 0 Å². The maximum Gasteiger partial charge on any atom is 0.325 e. The quantitative estimate of drug-likeness (QED) is 0.782. The third-order valence-corrected chi connectivity index (χ3v) is 3.10. The van der Waals surface area contributed by atoms with Crippen LogP contribution in [-0.4, -0.2) is 16.2 Å². The Morgan fingerprint density at radius 3 is 2.50 bits per heavy atom. The molecule has 4 nitrogen and oxygen atoms in total. The largest absolute Gasteiger partial charge is 0.508 e. The fraction of sp³-hybridized carbons (Fsp3) is 0.188. The van der Waals surface area contributed by atoms with E-state index < -0.39 is 12.0 Å². The molecule has 0 radical (unpaired) electrons. The van der Waals surface area contributed by atoms with Crippen LogP contribution in [0.25, 0.3) is 0 Å². The van der Waals surface area contributed by atoms with Crippen LogP contribution in [0.15, 0.2) is 48.5 Å². The van der Waals surface area contributed by atoms with E-state index in [9.17, 15) is 15.0 Å². The zero-order valence-electron chi connectivity index (χ0n) is 11.2. The second-order valence-electron chi connectivity index (χ2n) is 4.70. The first-order valence-corrected chi connectivity index (χ1v) is 6.37. The predicted octanol–water partition coefficient (Wildman–Crippen LogP) is 2.62. The molecule has 1 atom stereocenters. The Labute approximate surface area is 117 Å². The van der Waals surface area contributed by atoms with Crippen LogP contribution < -0.4 is 5.32 Å². The van der Waals surface area contributed by atoms with Gasteiger partial charge in [0.15, 0.2) is 0 Å². The molecule has 2 aromatic rings. The maximum atomic E-state index is 11.4. The van der Waals surface area contributed by atoms with E-state index in [0.29, 0.717) is 12.1 Å². The van der Waals surface area contributed by atoms with Crippen LogP contribution in [-0.2, 0) is 11.3 Å². The Balaban J connectivity index is 2.17. The summed E-state index contributed by atoms with van der Waals surface area (Å²) in [6.07, 6.45) is 0. The lowest BCUT2D eigenvalue weighted by atomic mass is 10.0. The summed E-state index contributed by atoms with van der Waals surface area (Å²) in [7, 11) is 0. The van der Waals surface area contributed by atoms with Gasteiger partial charge >= 0.3 is 5.97 Å². The second kappa shape index (κ2) is 6.21. The summed E-state index contributed by atoms with van der Waals surface area (Å²) in [5, 5.41) is 22.2. The number of hydrogen-bond acceptors (Lipinski definition) is 3. The van der Waals surface area contributed by atoms with E-state index in [0.717, 1.165) is 11.1 Å². The van der Waals surface area contributed by atoms with Crippen LogP contribution >= 0.6 is 0 Å². The predicted molar refractivity (Wildman–Crippen MR) is 76.5 cm³/mol. The topological polar surface area (TPSA) is 69.6 Å². The highest BCUT2D eigenvalue weighted by atomic mass is 16.4. The van der Waals surface area contributed by atoms with Crippen LogP contribution in [0.2, 0.25) is 0 Å². The molecule has 4 heteroatoms. The van der Waals surface area contributed by atoms with E-state index in [1.54, 1.807) is 18.2 Å². The van der Waals surface area contributed by atoms with Crippen molar-refractivity contribution >= 4 is 5.97 Å². The third-order valence-electron chi connectivity index (χ3n) is 3.10. The van der Waals surface area contributed by atoms with Crippen LogP contribution in [0.4, 0.5) is 0 Å². The van der Waals surface area contributed by atoms with Gasteiger partial charge in [0, 0.05) is 12.1 Å². The zero-order chi connectivity index (χ0) is 14.5. The number of nitrogens with one attached hydrogen (secondary N) is 1. The number of rotatable bonds is 5. The van der Waals surface area contributed by atoms with Crippen molar-refractivity contribution in [2.45, 2.75) is 19.5 Å². The Kier molecular flexibility index (Phi) is 4.38. The van der Waals surface area contributed by atoms with Crippen LogP contribution in [0, 0.1) is 6.92 Å². The normalized spacial score (nSPS) is 12.1. The van der Waals surface area contributed by atoms with E-state index in [-0.39, 0.29) is 5.75 Å². The van der Waals surface area contributed by atoms with Gasteiger partial charge in [-0.25, -0.2) is 0 Å². The molecule has 0 bridgehead atoms. The lowest BCUT2D eigenvalue weighted by Crippen LogP contribution is -2.28. The molecule has 104 valence electrons. The summed E-state index contributed by atoms with van der Waals surface area (Å²) in [4.78, 5) is 11.4. The Morgan fingerprint density at radius 1 is 1.20 bits per heavy atom. The molecule has 20 heavy (non-hydrogen) atoms. The van der Waals surface area contributed by atoms with Gasteiger partial charge < -0.3 is 10.2 Å². The summed E-state index contributed by atoms with van der Waals surface area (Å²) in [5.41, 5.74) is 2.25. The van der Waals surface area contributed by atoms with Gasteiger partial charge in [-0.1, -0.05) is 42.5 Å².